The first-order chi connectivity index (χ1) is 7.88. The van der Waals surface area contributed by atoms with Gasteiger partial charge in [-0.15, -0.1) is 0 Å². The van der Waals surface area contributed by atoms with Gasteiger partial charge in [0.25, 0.3) is 0 Å². The molecule has 0 bridgehead atoms. The topological polar surface area (TPSA) is 0 Å². The molecule has 2 aliphatic carbocycles. The van der Waals surface area contributed by atoms with Crippen LogP contribution >= 0.6 is 0 Å². The molecule has 2 fully saturated rings. The molecule has 0 aromatic heterocycles. The molecule has 0 heterocycles. The van der Waals surface area contributed by atoms with E-state index in [2.05, 4.69) is 41.5 Å². The Kier molecular flexibility index (Phi) is 3.63. The van der Waals surface area contributed by atoms with Crippen molar-refractivity contribution >= 4 is 0 Å². The van der Waals surface area contributed by atoms with Gasteiger partial charge >= 0.3 is 0 Å². The summed E-state index contributed by atoms with van der Waals surface area (Å²) < 4.78 is 0. The summed E-state index contributed by atoms with van der Waals surface area (Å²) in [6, 6.07) is 0. The summed E-state index contributed by atoms with van der Waals surface area (Å²) in [6.45, 7) is 15.0. The molecule has 0 nitrogen and oxygen atoms in total. The Hall–Kier alpha value is 0. The largest absolute Gasteiger partial charge is 0.0654 e. The maximum atomic E-state index is 2.53. The van der Waals surface area contributed by atoms with Crippen molar-refractivity contribution in [2.75, 3.05) is 0 Å². The minimum Gasteiger partial charge on any atom is -0.0654 e. The van der Waals surface area contributed by atoms with Crippen LogP contribution in [0.5, 0.6) is 0 Å². The molecule has 2 rings (SSSR count). The SMILES string of the molecule is CCCC(C)(C)C1CC(C)C2C(C)CC(C)C21. The normalized spacial score (nSPS) is 46.2. The zero-order valence-corrected chi connectivity index (χ0v) is 12.8. The van der Waals surface area contributed by atoms with Crippen LogP contribution in [-0.2, 0) is 0 Å². The van der Waals surface area contributed by atoms with E-state index in [0.29, 0.717) is 5.41 Å². The Morgan fingerprint density at radius 2 is 1.41 bits per heavy atom. The van der Waals surface area contributed by atoms with Crippen molar-refractivity contribution in [2.24, 2.45) is 40.9 Å². The smallest absolute Gasteiger partial charge is 0.0321 e. The van der Waals surface area contributed by atoms with Crippen molar-refractivity contribution in [1.29, 1.82) is 0 Å². The van der Waals surface area contributed by atoms with Crippen LogP contribution in [0.3, 0.4) is 0 Å². The summed E-state index contributed by atoms with van der Waals surface area (Å²) in [6.07, 6.45) is 5.74. The lowest BCUT2D eigenvalue weighted by atomic mass is 9.68. The van der Waals surface area contributed by atoms with Gasteiger partial charge in [0.05, 0.1) is 0 Å². The highest BCUT2D eigenvalue weighted by molar-refractivity contribution is 5.02. The Morgan fingerprint density at radius 1 is 0.882 bits per heavy atom. The lowest BCUT2D eigenvalue weighted by Gasteiger charge is -2.37. The highest BCUT2D eigenvalue weighted by Gasteiger charge is 2.53. The van der Waals surface area contributed by atoms with Crippen LogP contribution in [0.25, 0.3) is 0 Å². The molecule has 2 saturated carbocycles. The third-order valence-electron chi connectivity index (χ3n) is 6.15. The number of hydrogen-bond acceptors (Lipinski definition) is 0. The molecule has 100 valence electrons. The zero-order chi connectivity index (χ0) is 12.8. The minimum absolute atomic E-state index is 0.570. The molecular formula is C17H32. The van der Waals surface area contributed by atoms with E-state index in [1.165, 1.54) is 25.7 Å². The summed E-state index contributed by atoms with van der Waals surface area (Å²) in [5.41, 5.74) is 0.570. The van der Waals surface area contributed by atoms with Gasteiger partial charge in [-0.1, -0.05) is 48.0 Å². The molecule has 0 heteroatoms. The van der Waals surface area contributed by atoms with E-state index in [-0.39, 0.29) is 0 Å². The van der Waals surface area contributed by atoms with Gasteiger partial charge in [-0.25, -0.2) is 0 Å². The summed E-state index contributed by atoms with van der Waals surface area (Å²) in [5.74, 6) is 5.98. The molecule has 0 radical (unpaired) electrons. The molecule has 2 aliphatic rings. The molecule has 17 heavy (non-hydrogen) atoms. The molecule has 6 unspecified atom stereocenters. The summed E-state index contributed by atoms with van der Waals surface area (Å²) >= 11 is 0. The van der Waals surface area contributed by atoms with E-state index >= 15 is 0 Å². The van der Waals surface area contributed by atoms with Gasteiger partial charge in [0.2, 0.25) is 0 Å². The van der Waals surface area contributed by atoms with Crippen molar-refractivity contribution in [2.45, 2.75) is 67.2 Å². The van der Waals surface area contributed by atoms with Gasteiger partial charge < -0.3 is 0 Å². The van der Waals surface area contributed by atoms with Gasteiger partial charge in [0.1, 0.15) is 0 Å². The molecule has 0 N–H and O–H groups in total. The summed E-state index contributed by atoms with van der Waals surface area (Å²) in [7, 11) is 0. The number of hydrogen-bond donors (Lipinski definition) is 0. The third kappa shape index (κ3) is 2.17. The molecule has 0 spiro atoms. The van der Waals surface area contributed by atoms with Gasteiger partial charge in [-0.05, 0) is 60.2 Å². The average Bonchev–Trinajstić information content (AvgIpc) is 2.69. The third-order valence-corrected chi connectivity index (χ3v) is 6.15. The van der Waals surface area contributed by atoms with Crippen LogP contribution in [-0.4, -0.2) is 0 Å². The molecule has 0 aromatic carbocycles. The predicted octanol–water partition coefficient (Wildman–Crippen LogP) is 5.38. The second-order valence-corrected chi connectivity index (χ2v) is 7.90. The quantitative estimate of drug-likeness (QED) is 0.617. The van der Waals surface area contributed by atoms with Crippen LogP contribution in [0.2, 0.25) is 0 Å². The maximum absolute atomic E-state index is 2.53. The van der Waals surface area contributed by atoms with E-state index in [0.717, 1.165) is 35.5 Å². The van der Waals surface area contributed by atoms with Gasteiger partial charge in [0, 0.05) is 0 Å². The van der Waals surface area contributed by atoms with E-state index < -0.39 is 0 Å². The van der Waals surface area contributed by atoms with E-state index in [1.54, 1.807) is 0 Å². The lowest BCUT2D eigenvalue weighted by Crippen LogP contribution is -2.30. The first kappa shape index (κ1) is 13.4. The van der Waals surface area contributed by atoms with Crippen molar-refractivity contribution in [3.8, 4) is 0 Å². The van der Waals surface area contributed by atoms with Crippen LogP contribution in [0, 0.1) is 40.9 Å². The monoisotopic (exact) mass is 236 g/mol. The van der Waals surface area contributed by atoms with E-state index in [1.807, 2.05) is 0 Å². The van der Waals surface area contributed by atoms with Crippen LogP contribution in [0.4, 0.5) is 0 Å². The zero-order valence-electron chi connectivity index (χ0n) is 12.8. The maximum Gasteiger partial charge on any atom is -0.0321 e. The van der Waals surface area contributed by atoms with Gasteiger partial charge in [-0.2, -0.15) is 0 Å². The molecule has 0 aromatic rings. The number of fused-ring (bicyclic) bond motifs is 1. The second kappa shape index (κ2) is 4.59. The second-order valence-electron chi connectivity index (χ2n) is 7.90. The Bertz CT molecular complexity index is 265. The van der Waals surface area contributed by atoms with E-state index in [9.17, 15) is 0 Å². The predicted molar refractivity (Wildman–Crippen MR) is 75.9 cm³/mol. The summed E-state index contributed by atoms with van der Waals surface area (Å²) in [5, 5.41) is 0. The van der Waals surface area contributed by atoms with Crippen molar-refractivity contribution in [3.63, 3.8) is 0 Å². The summed E-state index contributed by atoms with van der Waals surface area (Å²) in [4.78, 5) is 0. The Balaban J connectivity index is 2.20. The van der Waals surface area contributed by atoms with Gasteiger partial charge in [0.15, 0.2) is 0 Å². The molecule has 0 aliphatic heterocycles. The first-order valence-electron chi connectivity index (χ1n) is 7.88. The molecular weight excluding hydrogens is 204 g/mol. The molecule has 0 saturated heterocycles. The Morgan fingerprint density at radius 3 is 2.00 bits per heavy atom. The molecule has 6 atom stereocenters. The highest BCUT2D eigenvalue weighted by atomic mass is 14.6. The minimum atomic E-state index is 0.570. The van der Waals surface area contributed by atoms with Crippen molar-refractivity contribution < 1.29 is 0 Å². The van der Waals surface area contributed by atoms with Crippen LogP contribution in [0.1, 0.15) is 67.2 Å². The number of rotatable bonds is 3. The first-order valence-corrected chi connectivity index (χ1v) is 7.88. The van der Waals surface area contributed by atoms with E-state index in [4.69, 9.17) is 0 Å². The van der Waals surface area contributed by atoms with Crippen LogP contribution in [0.15, 0.2) is 0 Å². The standard InChI is InChI=1S/C17H32/c1-7-8-17(5,6)14-10-13(4)15-11(2)9-12(3)16(14)15/h11-16H,7-10H2,1-6H3. The average molecular weight is 236 g/mol. The fourth-order valence-corrected chi connectivity index (χ4v) is 5.65. The fraction of sp³-hybridized carbons (Fsp3) is 1.00. The fourth-order valence-electron chi connectivity index (χ4n) is 5.65. The lowest BCUT2D eigenvalue weighted by molar-refractivity contribution is 0.117. The van der Waals surface area contributed by atoms with Crippen molar-refractivity contribution in [3.05, 3.63) is 0 Å². The molecule has 0 amide bonds. The highest BCUT2D eigenvalue weighted by Crippen LogP contribution is 2.60. The van der Waals surface area contributed by atoms with Crippen LogP contribution < -0.4 is 0 Å². The van der Waals surface area contributed by atoms with Gasteiger partial charge in [-0.3, -0.25) is 0 Å². The van der Waals surface area contributed by atoms with Crippen molar-refractivity contribution in [1.82, 2.24) is 0 Å². The Labute approximate surface area is 109 Å².